The van der Waals surface area contributed by atoms with Gasteiger partial charge in [-0.25, -0.2) is 0 Å². The molecular formula is C15H24O. The molecule has 0 saturated heterocycles. The Balaban J connectivity index is 2.68. The summed E-state index contributed by atoms with van der Waals surface area (Å²) in [5.41, 5.74) is 1.46. The van der Waals surface area contributed by atoms with E-state index in [2.05, 4.69) is 32.1 Å². The normalized spacial score (nSPS) is 19.4. The van der Waals surface area contributed by atoms with Crippen LogP contribution in [0.15, 0.2) is 23.8 Å². The zero-order valence-corrected chi connectivity index (χ0v) is 11.0. The summed E-state index contributed by atoms with van der Waals surface area (Å²) >= 11 is 0. The van der Waals surface area contributed by atoms with Gasteiger partial charge in [0.05, 0.1) is 0 Å². The Morgan fingerprint density at radius 2 is 2.00 bits per heavy atom. The third kappa shape index (κ3) is 3.07. The standard InChI is InChI=1S/C15H24O/c1-5-15(6-2)9-7-13(8-10-15)11-14(3,4)12-16/h7-9,12H,5-6,10-11H2,1-4H3. The van der Waals surface area contributed by atoms with Gasteiger partial charge in [-0.1, -0.05) is 51.5 Å². The lowest BCUT2D eigenvalue weighted by atomic mass is 9.74. The molecule has 0 spiro atoms. The molecule has 0 N–H and O–H groups in total. The predicted octanol–water partition coefficient (Wildman–Crippen LogP) is 4.29. The van der Waals surface area contributed by atoms with Gasteiger partial charge in [-0.3, -0.25) is 0 Å². The summed E-state index contributed by atoms with van der Waals surface area (Å²) in [5, 5.41) is 0. The zero-order valence-electron chi connectivity index (χ0n) is 11.0. The second-order valence-electron chi connectivity index (χ2n) is 5.67. The molecule has 0 radical (unpaired) electrons. The molecule has 1 heteroatoms. The van der Waals surface area contributed by atoms with Gasteiger partial charge < -0.3 is 4.79 Å². The average Bonchev–Trinajstić information content (AvgIpc) is 2.30. The van der Waals surface area contributed by atoms with Crippen LogP contribution in [0.1, 0.15) is 53.4 Å². The maximum Gasteiger partial charge on any atom is 0.125 e. The Hall–Kier alpha value is -0.850. The molecule has 0 amide bonds. The van der Waals surface area contributed by atoms with E-state index in [-0.39, 0.29) is 5.41 Å². The Labute approximate surface area is 99.6 Å². The summed E-state index contributed by atoms with van der Waals surface area (Å²) in [7, 11) is 0. The van der Waals surface area contributed by atoms with E-state index in [9.17, 15) is 4.79 Å². The van der Waals surface area contributed by atoms with Gasteiger partial charge in [-0.2, -0.15) is 0 Å². The molecule has 0 aromatic rings. The van der Waals surface area contributed by atoms with E-state index in [1.807, 2.05) is 13.8 Å². The van der Waals surface area contributed by atoms with Crippen LogP contribution in [-0.4, -0.2) is 6.29 Å². The first-order valence-electron chi connectivity index (χ1n) is 6.31. The molecule has 0 aromatic heterocycles. The summed E-state index contributed by atoms with van der Waals surface area (Å²) in [6.07, 6.45) is 12.3. The first-order chi connectivity index (χ1) is 7.47. The van der Waals surface area contributed by atoms with Crippen molar-refractivity contribution < 1.29 is 4.79 Å². The molecular weight excluding hydrogens is 196 g/mol. The molecule has 0 bridgehead atoms. The van der Waals surface area contributed by atoms with E-state index in [0.29, 0.717) is 5.41 Å². The molecule has 0 aliphatic heterocycles. The largest absolute Gasteiger partial charge is 0.303 e. The van der Waals surface area contributed by atoms with E-state index in [1.54, 1.807) is 0 Å². The highest BCUT2D eigenvalue weighted by atomic mass is 16.1. The van der Waals surface area contributed by atoms with Gasteiger partial charge in [0.1, 0.15) is 6.29 Å². The van der Waals surface area contributed by atoms with Crippen LogP contribution in [-0.2, 0) is 4.79 Å². The Bertz CT molecular complexity index is 303. The van der Waals surface area contributed by atoms with Crippen molar-refractivity contribution in [3.05, 3.63) is 23.8 Å². The van der Waals surface area contributed by atoms with Gasteiger partial charge in [0.15, 0.2) is 0 Å². The van der Waals surface area contributed by atoms with Crippen LogP contribution < -0.4 is 0 Å². The number of rotatable bonds is 5. The van der Waals surface area contributed by atoms with Crippen molar-refractivity contribution in [3.8, 4) is 0 Å². The fourth-order valence-electron chi connectivity index (χ4n) is 2.23. The average molecular weight is 220 g/mol. The van der Waals surface area contributed by atoms with Crippen molar-refractivity contribution in [1.29, 1.82) is 0 Å². The van der Waals surface area contributed by atoms with Crippen LogP contribution in [0.3, 0.4) is 0 Å². The molecule has 90 valence electrons. The third-order valence-corrected chi connectivity index (χ3v) is 3.81. The maximum atomic E-state index is 10.9. The van der Waals surface area contributed by atoms with Crippen LogP contribution >= 0.6 is 0 Å². The molecule has 1 nitrogen and oxygen atoms in total. The Kier molecular flexibility index (Phi) is 4.12. The lowest BCUT2D eigenvalue weighted by molar-refractivity contribution is -0.114. The van der Waals surface area contributed by atoms with Gasteiger partial charge >= 0.3 is 0 Å². The lowest BCUT2D eigenvalue weighted by Crippen LogP contribution is -2.19. The minimum absolute atomic E-state index is 0.228. The van der Waals surface area contributed by atoms with Crippen LogP contribution in [0.2, 0.25) is 0 Å². The predicted molar refractivity (Wildman–Crippen MR) is 69.3 cm³/mol. The zero-order chi connectivity index (χ0) is 12.2. The minimum Gasteiger partial charge on any atom is -0.303 e. The van der Waals surface area contributed by atoms with Gasteiger partial charge in [0, 0.05) is 5.41 Å². The van der Waals surface area contributed by atoms with Gasteiger partial charge in [0.2, 0.25) is 0 Å². The van der Waals surface area contributed by atoms with E-state index >= 15 is 0 Å². The third-order valence-electron chi connectivity index (χ3n) is 3.81. The summed E-state index contributed by atoms with van der Waals surface area (Å²) in [4.78, 5) is 10.9. The summed E-state index contributed by atoms with van der Waals surface area (Å²) in [6, 6.07) is 0. The first-order valence-corrected chi connectivity index (χ1v) is 6.31. The minimum atomic E-state index is -0.228. The van der Waals surface area contributed by atoms with E-state index in [1.165, 1.54) is 18.4 Å². The molecule has 1 aliphatic carbocycles. The number of hydrogen-bond donors (Lipinski definition) is 0. The first kappa shape index (κ1) is 13.2. The number of allylic oxidation sites excluding steroid dienone is 4. The van der Waals surface area contributed by atoms with Crippen molar-refractivity contribution in [1.82, 2.24) is 0 Å². The second kappa shape index (κ2) is 4.99. The van der Waals surface area contributed by atoms with Crippen molar-refractivity contribution in [3.63, 3.8) is 0 Å². The SMILES string of the molecule is CCC1(CC)C=CC(CC(C)(C)C=O)=CC1. The molecule has 1 aliphatic rings. The number of carbonyl (C=O) groups is 1. The molecule has 0 fully saturated rings. The van der Waals surface area contributed by atoms with Crippen molar-refractivity contribution in [2.24, 2.45) is 10.8 Å². The summed E-state index contributed by atoms with van der Waals surface area (Å²) < 4.78 is 0. The van der Waals surface area contributed by atoms with Crippen LogP contribution in [0, 0.1) is 10.8 Å². The number of hydrogen-bond acceptors (Lipinski definition) is 1. The number of aldehydes is 1. The number of carbonyl (C=O) groups excluding carboxylic acids is 1. The second-order valence-corrected chi connectivity index (χ2v) is 5.67. The smallest absolute Gasteiger partial charge is 0.125 e. The molecule has 16 heavy (non-hydrogen) atoms. The van der Waals surface area contributed by atoms with Crippen molar-refractivity contribution in [2.75, 3.05) is 0 Å². The van der Waals surface area contributed by atoms with E-state index in [0.717, 1.165) is 19.1 Å². The van der Waals surface area contributed by atoms with Gasteiger partial charge in [-0.15, -0.1) is 0 Å². The van der Waals surface area contributed by atoms with Crippen LogP contribution in [0.5, 0.6) is 0 Å². The molecule has 0 heterocycles. The highest BCUT2D eigenvalue weighted by molar-refractivity contribution is 5.59. The molecule has 0 aromatic carbocycles. The molecule has 0 unspecified atom stereocenters. The van der Waals surface area contributed by atoms with Crippen LogP contribution in [0.4, 0.5) is 0 Å². The Morgan fingerprint density at radius 3 is 2.38 bits per heavy atom. The van der Waals surface area contributed by atoms with Gasteiger partial charge in [0.25, 0.3) is 0 Å². The Morgan fingerprint density at radius 1 is 1.38 bits per heavy atom. The topological polar surface area (TPSA) is 17.1 Å². The van der Waals surface area contributed by atoms with Gasteiger partial charge in [-0.05, 0) is 31.1 Å². The van der Waals surface area contributed by atoms with Crippen LogP contribution in [0.25, 0.3) is 0 Å². The fraction of sp³-hybridized carbons (Fsp3) is 0.667. The summed E-state index contributed by atoms with van der Waals surface area (Å²) in [6.45, 7) is 8.50. The van der Waals surface area contributed by atoms with E-state index < -0.39 is 0 Å². The van der Waals surface area contributed by atoms with Crippen molar-refractivity contribution >= 4 is 6.29 Å². The monoisotopic (exact) mass is 220 g/mol. The highest BCUT2D eigenvalue weighted by Crippen LogP contribution is 2.38. The van der Waals surface area contributed by atoms with Crippen molar-refractivity contribution in [2.45, 2.75) is 53.4 Å². The fourth-order valence-corrected chi connectivity index (χ4v) is 2.23. The molecule has 1 rings (SSSR count). The maximum absolute atomic E-state index is 10.9. The molecule has 0 saturated carbocycles. The van der Waals surface area contributed by atoms with E-state index in [4.69, 9.17) is 0 Å². The quantitative estimate of drug-likeness (QED) is 0.631. The summed E-state index contributed by atoms with van der Waals surface area (Å²) in [5.74, 6) is 0. The molecule has 0 atom stereocenters. The highest BCUT2D eigenvalue weighted by Gasteiger charge is 2.25. The lowest BCUT2D eigenvalue weighted by Gasteiger charge is -2.31.